The smallest absolute Gasteiger partial charge is 0.418 e. The number of nitrogens with two attached hydrogens (primary N) is 3. The number of β-lactam (4-membered cyclic amide) rings is 1. The Morgan fingerprint density at radius 3 is 2.57 bits per heavy atom. The molecular formula is C27H37FN9O8S2+. The molecule has 0 saturated carbocycles. The molecule has 0 aliphatic carbocycles. The van der Waals surface area contributed by atoms with Gasteiger partial charge in [-0.3, -0.25) is 14.1 Å². The minimum absolute atomic E-state index is 0.0550. The van der Waals surface area contributed by atoms with Crippen molar-refractivity contribution in [3.05, 3.63) is 47.7 Å². The van der Waals surface area contributed by atoms with E-state index in [1.54, 1.807) is 16.8 Å². The third-order valence-corrected chi connectivity index (χ3v) is 8.04. The number of alkyl halides is 1. The SMILES string of the molecule is CC1(C)[C@H](NC(=O)/C(=N\OCCOc2ccc(-c3cn(CCCN)[n+](CC(F)CN)c3)cc2)c2csc(N)n2)C(=O)N1OS(=O)(=O)O. The molecule has 2 amide bonds. The molecule has 256 valence electrons. The minimum atomic E-state index is -4.96. The molecule has 20 heteroatoms. The molecule has 1 aromatic carbocycles. The van der Waals surface area contributed by atoms with E-state index in [-0.39, 0.29) is 42.8 Å². The van der Waals surface area contributed by atoms with Gasteiger partial charge in [-0.05, 0) is 44.5 Å². The number of halogens is 1. The Morgan fingerprint density at radius 1 is 1.26 bits per heavy atom. The van der Waals surface area contributed by atoms with Gasteiger partial charge in [-0.15, -0.1) is 20.3 Å². The third kappa shape index (κ3) is 8.99. The summed E-state index contributed by atoms with van der Waals surface area (Å²) in [6.45, 7) is 4.02. The first kappa shape index (κ1) is 35.6. The number of rotatable bonds is 17. The van der Waals surface area contributed by atoms with Crippen molar-refractivity contribution in [2.24, 2.45) is 16.6 Å². The molecule has 3 aromatic rings. The van der Waals surface area contributed by atoms with Gasteiger partial charge < -0.3 is 32.1 Å². The molecule has 1 aliphatic rings. The summed E-state index contributed by atoms with van der Waals surface area (Å²) in [5, 5.41) is 8.41. The summed E-state index contributed by atoms with van der Waals surface area (Å²) >= 11 is 1.05. The molecule has 0 radical (unpaired) electrons. The number of thiazole rings is 1. The summed E-state index contributed by atoms with van der Waals surface area (Å²) in [5.41, 5.74) is 17.1. The zero-order valence-electron chi connectivity index (χ0n) is 25.6. The van der Waals surface area contributed by atoms with Gasteiger partial charge in [0, 0.05) is 11.9 Å². The lowest BCUT2D eigenvalue weighted by molar-refractivity contribution is -0.778. The highest BCUT2D eigenvalue weighted by Gasteiger charge is 2.58. The molecule has 1 aliphatic heterocycles. The number of aryl methyl sites for hydroxylation is 1. The van der Waals surface area contributed by atoms with Crippen LogP contribution in [0.2, 0.25) is 0 Å². The average Bonchev–Trinajstić information content (AvgIpc) is 3.64. The summed E-state index contributed by atoms with van der Waals surface area (Å²) in [6, 6.07) is 6.03. The number of hydrogen-bond acceptors (Lipinski definition) is 13. The van der Waals surface area contributed by atoms with Crippen LogP contribution >= 0.6 is 11.3 Å². The van der Waals surface area contributed by atoms with Crippen molar-refractivity contribution in [3.63, 3.8) is 0 Å². The fourth-order valence-corrected chi connectivity index (χ4v) is 5.61. The number of carbonyl (C=O) groups is 2. The predicted octanol–water partition coefficient (Wildman–Crippen LogP) is -0.233. The van der Waals surface area contributed by atoms with Crippen LogP contribution < -0.4 is 31.9 Å². The number of ether oxygens (including phenoxy) is 1. The second-order valence-electron chi connectivity index (χ2n) is 10.9. The van der Waals surface area contributed by atoms with Gasteiger partial charge in [-0.1, -0.05) is 17.3 Å². The molecule has 8 N–H and O–H groups in total. The Bertz CT molecular complexity index is 1700. The van der Waals surface area contributed by atoms with Crippen LogP contribution in [0.5, 0.6) is 5.75 Å². The zero-order valence-corrected chi connectivity index (χ0v) is 27.2. The summed E-state index contributed by atoms with van der Waals surface area (Å²) in [7, 11) is -4.96. The van der Waals surface area contributed by atoms with Crippen LogP contribution in [-0.2, 0) is 42.2 Å². The minimum Gasteiger partial charge on any atom is -0.490 e. The van der Waals surface area contributed by atoms with E-state index in [1.165, 1.54) is 19.2 Å². The van der Waals surface area contributed by atoms with Gasteiger partial charge in [-0.2, -0.15) is 18.2 Å². The molecule has 2 atom stereocenters. The predicted molar refractivity (Wildman–Crippen MR) is 168 cm³/mol. The van der Waals surface area contributed by atoms with Crippen molar-refractivity contribution in [1.82, 2.24) is 20.0 Å². The van der Waals surface area contributed by atoms with Gasteiger partial charge in [-0.25, -0.2) is 9.37 Å². The normalized spacial score (nSPS) is 16.9. The van der Waals surface area contributed by atoms with Crippen LogP contribution in [0, 0.1) is 0 Å². The Labute approximate surface area is 273 Å². The molecule has 1 fully saturated rings. The van der Waals surface area contributed by atoms with Crippen LogP contribution in [0.3, 0.4) is 0 Å². The molecular weight excluding hydrogens is 661 g/mol. The van der Waals surface area contributed by atoms with Crippen LogP contribution in [0.4, 0.5) is 9.52 Å². The van der Waals surface area contributed by atoms with Crippen LogP contribution in [0.1, 0.15) is 26.0 Å². The first-order chi connectivity index (χ1) is 22.2. The monoisotopic (exact) mass is 698 g/mol. The Morgan fingerprint density at radius 2 is 1.98 bits per heavy atom. The molecule has 1 saturated heterocycles. The number of benzene rings is 1. The second kappa shape index (κ2) is 15.1. The fraction of sp³-hybridized carbons (Fsp3) is 0.444. The van der Waals surface area contributed by atoms with E-state index < -0.39 is 40.0 Å². The van der Waals surface area contributed by atoms with Crippen LogP contribution in [-0.4, -0.2) is 89.3 Å². The molecule has 2 aromatic heterocycles. The van der Waals surface area contributed by atoms with Crippen molar-refractivity contribution < 1.29 is 45.5 Å². The molecule has 47 heavy (non-hydrogen) atoms. The quantitative estimate of drug-likeness (QED) is 0.0307. The molecule has 17 nitrogen and oxygen atoms in total. The number of oxime groups is 1. The number of nitrogens with one attached hydrogen (secondary N) is 1. The van der Waals surface area contributed by atoms with Crippen molar-refractivity contribution in [1.29, 1.82) is 0 Å². The van der Waals surface area contributed by atoms with E-state index in [1.807, 2.05) is 29.2 Å². The topological polar surface area (TPSA) is 244 Å². The zero-order chi connectivity index (χ0) is 34.4. The lowest BCUT2D eigenvalue weighted by atomic mass is 9.84. The van der Waals surface area contributed by atoms with Gasteiger partial charge >= 0.3 is 10.4 Å². The van der Waals surface area contributed by atoms with Crippen molar-refractivity contribution in [2.45, 2.75) is 51.1 Å². The maximum Gasteiger partial charge on any atom is 0.418 e. The molecule has 1 unspecified atom stereocenters. The lowest BCUT2D eigenvalue weighted by Gasteiger charge is -2.50. The summed E-state index contributed by atoms with van der Waals surface area (Å²) in [5.74, 6) is -1.23. The Kier molecular flexibility index (Phi) is 11.5. The number of hydrogen-bond donors (Lipinski definition) is 5. The highest BCUT2D eigenvalue weighted by molar-refractivity contribution is 7.80. The van der Waals surface area contributed by atoms with Crippen molar-refractivity contribution >= 4 is 44.4 Å². The van der Waals surface area contributed by atoms with Crippen LogP contribution in [0.15, 0.2) is 47.2 Å². The number of nitrogen functional groups attached to an aromatic ring is 1. The highest BCUT2D eigenvalue weighted by Crippen LogP contribution is 2.33. The van der Waals surface area contributed by atoms with Gasteiger partial charge in [0.25, 0.3) is 11.8 Å². The van der Waals surface area contributed by atoms with E-state index in [0.29, 0.717) is 23.9 Å². The molecule has 0 spiro atoms. The summed E-state index contributed by atoms with van der Waals surface area (Å²) in [6.07, 6.45) is 3.35. The van der Waals surface area contributed by atoms with Gasteiger partial charge in [0.1, 0.15) is 24.1 Å². The first-order valence-corrected chi connectivity index (χ1v) is 16.6. The number of hydroxylamine groups is 2. The van der Waals surface area contributed by atoms with E-state index in [4.69, 9.17) is 31.3 Å². The largest absolute Gasteiger partial charge is 0.490 e. The maximum atomic E-state index is 14.0. The van der Waals surface area contributed by atoms with Crippen LogP contribution in [0.25, 0.3) is 11.1 Å². The fourth-order valence-electron chi connectivity index (χ4n) is 4.60. The van der Waals surface area contributed by atoms with Gasteiger partial charge in [0.15, 0.2) is 23.6 Å². The van der Waals surface area contributed by atoms with E-state index in [0.717, 1.165) is 28.9 Å². The second-order valence-corrected chi connectivity index (χ2v) is 12.8. The Balaban J connectivity index is 1.35. The lowest BCUT2D eigenvalue weighted by Crippen LogP contribution is -2.76. The number of anilines is 1. The van der Waals surface area contributed by atoms with E-state index in [9.17, 15) is 22.4 Å². The summed E-state index contributed by atoms with van der Waals surface area (Å²) in [4.78, 5) is 34.9. The summed E-state index contributed by atoms with van der Waals surface area (Å²) < 4.78 is 58.8. The van der Waals surface area contributed by atoms with Crippen molar-refractivity contribution in [2.75, 3.05) is 32.0 Å². The Hall–Kier alpha value is -4.21. The van der Waals surface area contributed by atoms with Gasteiger partial charge in [0.2, 0.25) is 12.7 Å². The molecule has 3 heterocycles. The first-order valence-electron chi connectivity index (χ1n) is 14.3. The van der Waals surface area contributed by atoms with Gasteiger partial charge in [0.05, 0.1) is 23.8 Å². The average molecular weight is 699 g/mol. The highest BCUT2D eigenvalue weighted by atomic mass is 32.3. The number of nitrogens with zero attached hydrogens (tertiary/aromatic N) is 5. The standard InChI is InChI=1S/C27H36FN9O8S2/c1-27(2)23(25(39)37(27)45-47(40,41)42)33-24(38)22(21-16-46-26(31)32-21)34-44-11-10-43-20-6-4-17(5-7-20)18-13-35(9-3-8-29)36(14-18)15-19(28)12-30/h4-7,13-14,16,19,23H,3,8-12,15,29-30H2,1-2H3,(H3-,31,32,33,38,40,41,42)/p+1/b34-22-/t19?,23-/m1/s1. The van der Waals surface area contributed by atoms with Crippen molar-refractivity contribution in [3.8, 4) is 16.9 Å². The number of amides is 2. The maximum absolute atomic E-state index is 14.0. The van der Waals surface area contributed by atoms with E-state index >= 15 is 0 Å². The molecule has 0 bridgehead atoms. The third-order valence-electron chi connectivity index (χ3n) is 7.03. The number of aromatic nitrogens is 3. The van der Waals surface area contributed by atoms with E-state index in [2.05, 4.69) is 19.7 Å². The molecule has 4 rings (SSSR count). The number of carbonyl (C=O) groups excluding carboxylic acids is 2.